The molecule has 138 valence electrons. The minimum absolute atomic E-state index is 0.0778. The molecule has 6 nitrogen and oxygen atoms in total. The van der Waals surface area contributed by atoms with Gasteiger partial charge in [-0.1, -0.05) is 43.0 Å². The summed E-state index contributed by atoms with van der Waals surface area (Å²) in [7, 11) is 0. The van der Waals surface area contributed by atoms with Crippen LogP contribution in [0.2, 0.25) is 0 Å². The highest BCUT2D eigenvalue weighted by molar-refractivity contribution is 5.71. The van der Waals surface area contributed by atoms with E-state index >= 15 is 0 Å². The summed E-state index contributed by atoms with van der Waals surface area (Å²) in [6.07, 6.45) is -0.182. The number of benzene rings is 1. The SMILES string of the molecule is C=CCOC(=O)C[C@H](O)[C@H](Cc1ccccc1)NC(=O)OC(C)(C)C. The van der Waals surface area contributed by atoms with Crippen molar-refractivity contribution in [1.82, 2.24) is 5.32 Å². The molecule has 0 aliphatic carbocycles. The van der Waals surface area contributed by atoms with Gasteiger partial charge in [-0.25, -0.2) is 4.79 Å². The highest BCUT2D eigenvalue weighted by Crippen LogP contribution is 2.12. The van der Waals surface area contributed by atoms with Gasteiger partial charge in [-0.15, -0.1) is 0 Å². The molecular weight excluding hydrogens is 322 g/mol. The molecule has 2 N–H and O–H groups in total. The Balaban J connectivity index is 2.77. The molecule has 0 aliphatic heterocycles. The van der Waals surface area contributed by atoms with Gasteiger partial charge in [0.25, 0.3) is 0 Å². The van der Waals surface area contributed by atoms with Crippen LogP contribution in [0.15, 0.2) is 43.0 Å². The zero-order valence-electron chi connectivity index (χ0n) is 15.0. The number of rotatable bonds is 8. The summed E-state index contributed by atoms with van der Waals surface area (Å²) in [5, 5.41) is 13.0. The van der Waals surface area contributed by atoms with Crippen LogP contribution in [0, 0.1) is 0 Å². The van der Waals surface area contributed by atoms with Crippen molar-refractivity contribution in [3.63, 3.8) is 0 Å². The van der Waals surface area contributed by atoms with E-state index in [0.717, 1.165) is 5.56 Å². The molecule has 25 heavy (non-hydrogen) atoms. The van der Waals surface area contributed by atoms with Crippen molar-refractivity contribution in [1.29, 1.82) is 0 Å². The maximum absolute atomic E-state index is 12.0. The monoisotopic (exact) mass is 349 g/mol. The van der Waals surface area contributed by atoms with Gasteiger partial charge in [0.05, 0.1) is 18.6 Å². The number of carbonyl (C=O) groups is 2. The van der Waals surface area contributed by atoms with E-state index in [1.54, 1.807) is 20.8 Å². The fraction of sp³-hybridized carbons (Fsp3) is 0.474. The molecule has 0 heterocycles. The van der Waals surface area contributed by atoms with Crippen molar-refractivity contribution in [2.75, 3.05) is 6.61 Å². The van der Waals surface area contributed by atoms with Crippen molar-refractivity contribution < 1.29 is 24.2 Å². The van der Waals surface area contributed by atoms with E-state index in [4.69, 9.17) is 9.47 Å². The van der Waals surface area contributed by atoms with E-state index < -0.39 is 29.8 Å². The predicted molar refractivity (Wildman–Crippen MR) is 95.1 cm³/mol. The molecule has 0 spiro atoms. The van der Waals surface area contributed by atoms with Gasteiger partial charge >= 0.3 is 12.1 Å². The van der Waals surface area contributed by atoms with Crippen LogP contribution in [0.5, 0.6) is 0 Å². The maximum Gasteiger partial charge on any atom is 0.407 e. The predicted octanol–water partition coefficient (Wildman–Crippen LogP) is 2.60. The Morgan fingerprint density at radius 3 is 2.48 bits per heavy atom. The molecule has 0 aromatic heterocycles. The van der Waals surface area contributed by atoms with Gasteiger partial charge in [-0.05, 0) is 32.8 Å². The highest BCUT2D eigenvalue weighted by Gasteiger charge is 2.27. The van der Waals surface area contributed by atoms with Crippen LogP contribution < -0.4 is 5.32 Å². The van der Waals surface area contributed by atoms with Crippen molar-refractivity contribution in [3.05, 3.63) is 48.6 Å². The lowest BCUT2D eigenvalue weighted by Crippen LogP contribution is -2.47. The van der Waals surface area contributed by atoms with Gasteiger partial charge in [0, 0.05) is 0 Å². The second-order valence-electron chi connectivity index (χ2n) is 6.69. The van der Waals surface area contributed by atoms with Gasteiger partial charge in [0.15, 0.2) is 0 Å². The topological polar surface area (TPSA) is 84.9 Å². The van der Waals surface area contributed by atoms with Crippen LogP contribution in [0.3, 0.4) is 0 Å². The molecule has 0 unspecified atom stereocenters. The number of aliphatic hydroxyl groups is 1. The summed E-state index contributed by atoms with van der Waals surface area (Å²) in [4.78, 5) is 23.8. The van der Waals surface area contributed by atoms with Gasteiger partial charge in [-0.3, -0.25) is 4.79 Å². The molecule has 6 heteroatoms. The number of hydrogen-bond donors (Lipinski definition) is 2. The summed E-state index contributed by atoms with van der Waals surface area (Å²) in [6, 6.07) is 8.69. The third kappa shape index (κ3) is 8.91. The van der Waals surface area contributed by atoms with E-state index in [1.807, 2.05) is 30.3 Å². The molecule has 1 amide bonds. The summed E-state index contributed by atoms with van der Waals surface area (Å²) in [5.41, 5.74) is 0.261. The number of alkyl carbamates (subject to hydrolysis) is 1. The number of carbonyl (C=O) groups excluding carboxylic acids is 2. The fourth-order valence-electron chi connectivity index (χ4n) is 2.13. The number of nitrogens with one attached hydrogen (secondary N) is 1. The third-order valence-corrected chi connectivity index (χ3v) is 3.20. The fourth-order valence-corrected chi connectivity index (χ4v) is 2.13. The summed E-state index contributed by atoms with van der Waals surface area (Å²) in [6.45, 7) is 8.80. The lowest BCUT2D eigenvalue weighted by molar-refractivity contribution is -0.145. The molecule has 0 radical (unpaired) electrons. The third-order valence-electron chi connectivity index (χ3n) is 3.20. The number of aliphatic hydroxyl groups excluding tert-OH is 1. The summed E-state index contributed by atoms with van der Waals surface area (Å²) >= 11 is 0. The molecule has 1 aromatic rings. The smallest absolute Gasteiger partial charge is 0.407 e. The highest BCUT2D eigenvalue weighted by atomic mass is 16.6. The van der Waals surface area contributed by atoms with Gasteiger partial charge in [0.2, 0.25) is 0 Å². The maximum atomic E-state index is 12.0. The molecule has 1 aromatic carbocycles. The largest absolute Gasteiger partial charge is 0.461 e. The first kappa shape index (κ1) is 20.7. The Kier molecular flexibility index (Phi) is 8.15. The molecule has 0 saturated heterocycles. The average molecular weight is 349 g/mol. The first-order valence-corrected chi connectivity index (χ1v) is 8.19. The molecule has 0 bridgehead atoms. The Bertz CT molecular complexity index is 565. The molecule has 0 fully saturated rings. The number of hydrogen-bond acceptors (Lipinski definition) is 5. The zero-order chi connectivity index (χ0) is 18.9. The van der Waals surface area contributed by atoms with E-state index in [2.05, 4.69) is 11.9 Å². The molecule has 1 rings (SSSR count). The van der Waals surface area contributed by atoms with Crippen LogP contribution in [-0.4, -0.2) is 41.5 Å². The van der Waals surface area contributed by atoms with Crippen molar-refractivity contribution in [3.8, 4) is 0 Å². The van der Waals surface area contributed by atoms with Gasteiger partial charge in [0.1, 0.15) is 12.2 Å². The minimum atomic E-state index is -1.11. The van der Waals surface area contributed by atoms with Crippen LogP contribution >= 0.6 is 0 Å². The lowest BCUT2D eigenvalue weighted by Gasteiger charge is -2.26. The van der Waals surface area contributed by atoms with Gasteiger partial charge in [-0.2, -0.15) is 0 Å². The number of amides is 1. The number of esters is 1. The van der Waals surface area contributed by atoms with Crippen LogP contribution in [0.4, 0.5) is 4.79 Å². The van der Waals surface area contributed by atoms with Crippen LogP contribution in [0.25, 0.3) is 0 Å². The Morgan fingerprint density at radius 2 is 1.92 bits per heavy atom. The average Bonchev–Trinajstić information content (AvgIpc) is 2.51. The second kappa shape index (κ2) is 9.84. The Hall–Kier alpha value is -2.34. The quantitative estimate of drug-likeness (QED) is 0.557. The summed E-state index contributed by atoms with van der Waals surface area (Å²) < 4.78 is 10.1. The first-order valence-electron chi connectivity index (χ1n) is 8.19. The standard InChI is InChI=1S/C19H27NO5/c1-5-11-24-17(22)13-16(21)15(12-14-9-7-6-8-10-14)20-18(23)25-19(2,3)4/h5-10,15-16,21H,1,11-13H2,2-4H3,(H,20,23)/t15-,16-/m0/s1. The van der Waals surface area contributed by atoms with Crippen molar-refractivity contribution in [2.45, 2.75) is 51.4 Å². The number of ether oxygens (including phenoxy) is 2. The minimum Gasteiger partial charge on any atom is -0.461 e. The van der Waals surface area contributed by atoms with E-state index in [1.165, 1.54) is 6.08 Å². The molecule has 0 saturated carbocycles. The molecule has 0 aliphatic rings. The Morgan fingerprint density at radius 1 is 1.28 bits per heavy atom. The lowest BCUT2D eigenvalue weighted by atomic mass is 9.99. The molecular formula is C19H27NO5. The van der Waals surface area contributed by atoms with E-state index in [-0.39, 0.29) is 13.0 Å². The van der Waals surface area contributed by atoms with E-state index in [9.17, 15) is 14.7 Å². The van der Waals surface area contributed by atoms with Gasteiger partial charge < -0.3 is 19.9 Å². The van der Waals surface area contributed by atoms with Crippen LogP contribution in [-0.2, 0) is 20.7 Å². The second-order valence-corrected chi connectivity index (χ2v) is 6.69. The zero-order valence-corrected chi connectivity index (χ0v) is 15.0. The normalized spacial score (nSPS) is 13.4. The van der Waals surface area contributed by atoms with Crippen LogP contribution in [0.1, 0.15) is 32.8 Å². The van der Waals surface area contributed by atoms with Crippen molar-refractivity contribution >= 4 is 12.1 Å². The molecule has 2 atom stereocenters. The van der Waals surface area contributed by atoms with Crippen molar-refractivity contribution in [2.24, 2.45) is 0 Å². The Labute approximate surface area is 148 Å². The first-order chi connectivity index (χ1) is 11.7. The van der Waals surface area contributed by atoms with E-state index in [0.29, 0.717) is 6.42 Å². The summed E-state index contributed by atoms with van der Waals surface area (Å²) in [5.74, 6) is -0.559.